The Morgan fingerprint density at radius 3 is 3.05 bits per heavy atom. The van der Waals surface area contributed by atoms with Gasteiger partial charge in [-0.1, -0.05) is 13.0 Å². The number of hydrogen-bond donors (Lipinski definition) is 1. The first-order valence-corrected chi connectivity index (χ1v) is 7.36. The standard InChI is InChI=1S/C17H18N2O/c1-3-17-7-6-14(20)10(2)15(17)11-4-5-13-16(12(11)8-17)19-9-18-13/h4-5,9H,3,6-8H2,1-2H3,(H,18,19). The van der Waals surface area contributed by atoms with Gasteiger partial charge in [-0.25, -0.2) is 4.98 Å². The molecule has 0 spiro atoms. The van der Waals surface area contributed by atoms with Crippen LogP contribution in [0.25, 0.3) is 16.6 Å². The minimum absolute atomic E-state index is 0.160. The van der Waals surface area contributed by atoms with Gasteiger partial charge in [0, 0.05) is 11.8 Å². The van der Waals surface area contributed by atoms with Crippen molar-refractivity contribution in [2.45, 2.75) is 39.5 Å². The zero-order valence-electron chi connectivity index (χ0n) is 11.9. The fraction of sp³-hybridized carbons (Fsp3) is 0.412. The van der Waals surface area contributed by atoms with Crippen LogP contribution in [-0.4, -0.2) is 15.8 Å². The van der Waals surface area contributed by atoms with E-state index in [-0.39, 0.29) is 5.41 Å². The van der Waals surface area contributed by atoms with Crippen LogP contribution in [0.2, 0.25) is 0 Å². The first-order valence-electron chi connectivity index (χ1n) is 7.36. The van der Waals surface area contributed by atoms with Gasteiger partial charge in [0.2, 0.25) is 0 Å². The lowest BCUT2D eigenvalue weighted by Crippen LogP contribution is -2.27. The maximum atomic E-state index is 12.1. The Morgan fingerprint density at radius 2 is 2.25 bits per heavy atom. The molecular weight excluding hydrogens is 248 g/mol. The number of ketones is 1. The van der Waals surface area contributed by atoms with Gasteiger partial charge in [-0.2, -0.15) is 0 Å². The largest absolute Gasteiger partial charge is 0.345 e. The number of rotatable bonds is 1. The zero-order chi connectivity index (χ0) is 13.9. The van der Waals surface area contributed by atoms with E-state index in [9.17, 15) is 4.79 Å². The molecule has 0 bridgehead atoms. The molecule has 1 atom stereocenters. The highest BCUT2D eigenvalue weighted by atomic mass is 16.1. The molecule has 1 unspecified atom stereocenters. The molecular formula is C17H18N2O. The van der Waals surface area contributed by atoms with Gasteiger partial charge in [0.05, 0.1) is 17.4 Å². The highest BCUT2D eigenvalue weighted by molar-refractivity contribution is 6.07. The molecule has 0 saturated heterocycles. The summed E-state index contributed by atoms with van der Waals surface area (Å²) in [4.78, 5) is 19.8. The number of allylic oxidation sites excluding steroid dienone is 2. The lowest BCUT2D eigenvalue weighted by Gasteiger charge is -2.34. The number of carbonyl (C=O) groups excluding carboxylic acids is 1. The molecule has 0 radical (unpaired) electrons. The maximum absolute atomic E-state index is 12.1. The highest BCUT2D eigenvalue weighted by Gasteiger charge is 2.45. The number of nitrogens with one attached hydrogen (secondary N) is 1. The molecule has 2 aliphatic rings. The van der Waals surface area contributed by atoms with Gasteiger partial charge < -0.3 is 4.98 Å². The third-order valence-corrected chi connectivity index (χ3v) is 5.31. The molecule has 2 aliphatic carbocycles. The van der Waals surface area contributed by atoms with Crippen molar-refractivity contribution in [3.63, 3.8) is 0 Å². The molecule has 102 valence electrons. The third kappa shape index (κ3) is 1.30. The summed E-state index contributed by atoms with van der Waals surface area (Å²) in [5.74, 6) is 0.319. The normalized spacial score (nSPS) is 25.2. The molecule has 2 aromatic rings. The first kappa shape index (κ1) is 11.9. The molecule has 1 aromatic heterocycles. The van der Waals surface area contributed by atoms with E-state index in [0.717, 1.165) is 35.9 Å². The second kappa shape index (κ2) is 3.81. The van der Waals surface area contributed by atoms with Gasteiger partial charge in [-0.15, -0.1) is 0 Å². The number of aromatic amines is 1. The second-order valence-electron chi connectivity index (χ2n) is 6.12. The summed E-state index contributed by atoms with van der Waals surface area (Å²) in [7, 11) is 0. The average Bonchev–Trinajstić information content (AvgIpc) is 3.05. The van der Waals surface area contributed by atoms with Crippen molar-refractivity contribution in [2.75, 3.05) is 0 Å². The fourth-order valence-corrected chi connectivity index (χ4v) is 4.16. The summed E-state index contributed by atoms with van der Waals surface area (Å²) >= 11 is 0. The summed E-state index contributed by atoms with van der Waals surface area (Å²) < 4.78 is 0. The number of benzene rings is 1. The Hall–Kier alpha value is -1.90. The minimum atomic E-state index is 0.160. The number of nitrogens with zero attached hydrogens (tertiary/aromatic N) is 1. The quantitative estimate of drug-likeness (QED) is 0.856. The van der Waals surface area contributed by atoms with Crippen LogP contribution in [0.5, 0.6) is 0 Å². The lowest BCUT2D eigenvalue weighted by molar-refractivity contribution is -0.116. The Morgan fingerprint density at radius 1 is 1.40 bits per heavy atom. The van der Waals surface area contributed by atoms with Crippen molar-refractivity contribution in [3.8, 4) is 0 Å². The Labute approximate surface area is 118 Å². The third-order valence-electron chi connectivity index (χ3n) is 5.31. The van der Waals surface area contributed by atoms with Gasteiger partial charge in [0.1, 0.15) is 0 Å². The Bertz CT molecular complexity index is 768. The molecule has 0 saturated carbocycles. The van der Waals surface area contributed by atoms with Gasteiger partial charge >= 0.3 is 0 Å². The van der Waals surface area contributed by atoms with Crippen LogP contribution < -0.4 is 0 Å². The Kier molecular flexibility index (Phi) is 2.27. The molecule has 1 N–H and O–H groups in total. The van der Waals surface area contributed by atoms with E-state index < -0.39 is 0 Å². The van der Waals surface area contributed by atoms with Gasteiger partial charge in [-0.05, 0) is 54.5 Å². The number of fused-ring (bicyclic) bond motifs is 5. The van der Waals surface area contributed by atoms with Crippen LogP contribution in [0.15, 0.2) is 24.0 Å². The van der Waals surface area contributed by atoms with E-state index in [4.69, 9.17) is 0 Å². The summed E-state index contributed by atoms with van der Waals surface area (Å²) in [6.45, 7) is 4.25. The number of Topliss-reactive ketones (excluding diaryl/α,β-unsaturated/α-hetero) is 1. The summed E-state index contributed by atoms with van der Waals surface area (Å²) in [5, 5.41) is 0. The maximum Gasteiger partial charge on any atom is 0.158 e. The van der Waals surface area contributed by atoms with Crippen molar-refractivity contribution in [3.05, 3.63) is 35.2 Å². The number of imidazole rings is 1. The molecule has 20 heavy (non-hydrogen) atoms. The first-order chi connectivity index (χ1) is 9.66. The van der Waals surface area contributed by atoms with Crippen LogP contribution in [0, 0.1) is 5.41 Å². The second-order valence-corrected chi connectivity index (χ2v) is 6.12. The van der Waals surface area contributed by atoms with Crippen molar-refractivity contribution >= 4 is 22.4 Å². The highest BCUT2D eigenvalue weighted by Crippen LogP contribution is 2.56. The molecule has 1 aromatic carbocycles. The number of carbonyl (C=O) groups is 1. The van der Waals surface area contributed by atoms with E-state index in [2.05, 4.69) is 29.0 Å². The molecule has 3 heteroatoms. The number of aromatic nitrogens is 2. The molecule has 3 nitrogen and oxygen atoms in total. The summed E-state index contributed by atoms with van der Waals surface area (Å²) in [5.41, 5.74) is 7.21. The Balaban J connectivity index is 2.07. The van der Waals surface area contributed by atoms with Crippen molar-refractivity contribution < 1.29 is 4.79 Å². The van der Waals surface area contributed by atoms with Crippen molar-refractivity contribution in [2.24, 2.45) is 5.41 Å². The van der Waals surface area contributed by atoms with E-state index in [1.807, 2.05) is 6.92 Å². The van der Waals surface area contributed by atoms with Crippen molar-refractivity contribution in [1.82, 2.24) is 9.97 Å². The van der Waals surface area contributed by atoms with E-state index in [1.54, 1.807) is 6.33 Å². The number of hydrogen-bond acceptors (Lipinski definition) is 2. The molecule has 4 rings (SSSR count). The molecule has 0 aliphatic heterocycles. The van der Waals surface area contributed by atoms with Crippen LogP contribution >= 0.6 is 0 Å². The average molecular weight is 266 g/mol. The van der Waals surface area contributed by atoms with Crippen LogP contribution in [0.4, 0.5) is 0 Å². The smallest absolute Gasteiger partial charge is 0.158 e. The molecule has 0 fully saturated rings. The molecule has 1 heterocycles. The van der Waals surface area contributed by atoms with Gasteiger partial charge in [-0.3, -0.25) is 4.79 Å². The van der Waals surface area contributed by atoms with Crippen molar-refractivity contribution in [1.29, 1.82) is 0 Å². The summed E-state index contributed by atoms with van der Waals surface area (Å²) in [6, 6.07) is 4.26. The van der Waals surface area contributed by atoms with Gasteiger partial charge in [0.25, 0.3) is 0 Å². The predicted molar refractivity (Wildman–Crippen MR) is 79.4 cm³/mol. The topological polar surface area (TPSA) is 45.8 Å². The number of H-pyrrole nitrogens is 1. The van der Waals surface area contributed by atoms with E-state index >= 15 is 0 Å². The van der Waals surface area contributed by atoms with E-state index in [1.165, 1.54) is 16.7 Å². The van der Waals surface area contributed by atoms with Crippen LogP contribution in [-0.2, 0) is 11.2 Å². The zero-order valence-corrected chi connectivity index (χ0v) is 11.9. The minimum Gasteiger partial charge on any atom is -0.345 e. The lowest BCUT2D eigenvalue weighted by atomic mass is 9.68. The fourth-order valence-electron chi connectivity index (χ4n) is 4.16. The predicted octanol–water partition coefficient (Wildman–Crippen LogP) is 3.65. The summed E-state index contributed by atoms with van der Waals surface area (Å²) in [6.07, 6.45) is 5.56. The molecule has 0 amide bonds. The van der Waals surface area contributed by atoms with Gasteiger partial charge in [0.15, 0.2) is 5.78 Å². The SMILES string of the molecule is CCC12CCC(=O)C(C)=C1c1ccc3[nH]cnc3c1C2. The van der Waals surface area contributed by atoms with Crippen LogP contribution in [0.1, 0.15) is 44.2 Å². The van der Waals surface area contributed by atoms with Crippen LogP contribution in [0.3, 0.4) is 0 Å². The van der Waals surface area contributed by atoms with E-state index in [0.29, 0.717) is 12.2 Å². The monoisotopic (exact) mass is 266 g/mol.